The van der Waals surface area contributed by atoms with Gasteiger partial charge >= 0.3 is 166 Å². The molecule has 0 aliphatic rings. The molecule has 1 nitrogen and oxygen atoms in total. The van der Waals surface area contributed by atoms with Gasteiger partial charge in [0.1, 0.15) is 0 Å². The van der Waals surface area contributed by atoms with Gasteiger partial charge in [-0.2, -0.15) is 0 Å². The monoisotopic (exact) mass is 389 g/mol. The number of rotatable bonds is 5. The number of halogens is 1. The molecule has 0 radical (unpaired) electrons. The third-order valence-electron chi connectivity index (χ3n) is 5.09. The van der Waals surface area contributed by atoms with Gasteiger partial charge in [0.15, 0.2) is 0 Å². The summed E-state index contributed by atoms with van der Waals surface area (Å²) in [4.78, 5) is 4.33. The number of aromatic nitrogens is 1. The van der Waals surface area contributed by atoms with Gasteiger partial charge in [-0.05, 0) is 0 Å². The zero-order valence-electron chi connectivity index (χ0n) is 14.9. The first-order chi connectivity index (χ1) is 13.3. The fourth-order valence-electron chi connectivity index (χ4n) is 3.81. The van der Waals surface area contributed by atoms with Gasteiger partial charge in [-0.25, -0.2) is 0 Å². The van der Waals surface area contributed by atoms with Crippen molar-refractivity contribution < 1.29 is 0 Å². The van der Waals surface area contributed by atoms with E-state index in [0.717, 1.165) is 11.7 Å². The van der Waals surface area contributed by atoms with Gasteiger partial charge < -0.3 is 0 Å². The van der Waals surface area contributed by atoms with Gasteiger partial charge in [-0.1, -0.05) is 0 Å². The topological polar surface area (TPSA) is 12.9 Å². The molecular weight excluding hydrogens is 369 g/mol. The summed E-state index contributed by atoms with van der Waals surface area (Å²) in [5.74, 6) is 0. The van der Waals surface area contributed by atoms with E-state index in [0.29, 0.717) is 5.15 Å². The van der Waals surface area contributed by atoms with Crippen LogP contribution in [0.5, 0.6) is 0 Å². The number of hydrogen-bond donors (Lipinski definition) is 0. The standard InChI is InChI=1S/C24H21ClNP/c25-24-20(11-10-18-26-24)19-27(21-12-4-1-5-13-21,22-14-6-2-7-15-22)23-16-8-3-9-17-23/h1-18,27H,19H2. The summed E-state index contributed by atoms with van der Waals surface area (Å²) in [6, 6.07) is 36.7. The van der Waals surface area contributed by atoms with Crippen molar-refractivity contribution in [3.05, 3.63) is 120 Å². The third kappa shape index (κ3) is 3.54. The van der Waals surface area contributed by atoms with E-state index in [4.69, 9.17) is 11.6 Å². The molecule has 0 N–H and O–H groups in total. The van der Waals surface area contributed by atoms with Crippen LogP contribution in [0.1, 0.15) is 5.56 Å². The number of nitrogens with zero attached hydrogens (tertiary/aromatic N) is 1. The van der Waals surface area contributed by atoms with Crippen LogP contribution >= 0.6 is 18.9 Å². The molecule has 3 heteroatoms. The summed E-state index contributed by atoms with van der Waals surface area (Å²) < 4.78 is 0. The Morgan fingerprint density at radius 3 is 1.44 bits per heavy atom. The van der Waals surface area contributed by atoms with Crippen molar-refractivity contribution in [1.82, 2.24) is 4.98 Å². The summed E-state index contributed by atoms with van der Waals surface area (Å²) in [6.45, 7) is 0. The Kier molecular flexibility index (Phi) is 5.34. The second-order valence-electron chi connectivity index (χ2n) is 6.63. The molecular formula is C24H21ClNP. The average molecular weight is 390 g/mol. The van der Waals surface area contributed by atoms with Gasteiger partial charge in [0.25, 0.3) is 0 Å². The fourth-order valence-corrected chi connectivity index (χ4v) is 8.86. The SMILES string of the molecule is Clc1ncccc1C[PH](c1ccccc1)(c1ccccc1)c1ccccc1. The van der Waals surface area contributed by atoms with E-state index in [1.807, 2.05) is 6.07 Å². The van der Waals surface area contributed by atoms with Crippen molar-refractivity contribution in [2.75, 3.05) is 0 Å². The van der Waals surface area contributed by atoms with Crippen LogP contribution in [0.25, 0.3) is 0 Å². The van der Waals surface area contributed by atoms with Crippen LogP contribution in [-0.2, 0) is 6.16 Å². The molecule has 4 aromatic rings. The van der Waals surface area contributed by atoms with Crippen LogP contribution < -0.4 is 15.9 Å². The molecule has 1 aromatic heterocycles. The van der Waals surface area contributed by atoms with Crippen molar-refractivity contribution >= 4 is 34.8 Å². The van der Waals surface area contributed by atoms with Crippen LogP contribution in [0.15, 0.2) is 109 Å². The molecule has 4 rings (SSSR count). The van der Waals surface area contributed by atoms with Gasteiger partial charge in [0, 0.05) is 0 Å². The van der Waals surface area contributed by atoms with E-state index in [9.17, 15) is 0 Å². The first-order valence-corrected chi connectivity index (χ1v) is 11.7. The zero-order valence-corrected chi connectivity index (χ0v) is 16.7. The Morgan fingerprint density at radius 2 is 1.04 bits per heavy atom. The van der Waals surface area contributed by atoms with Gasteiger partial charge in [0.05, 0.1) is 0 Å². The van der Waals surface area contributed by atoms with Crippen molar-refractivity contribution in [2.45, 2.75) is 6.16 Å². The predicted molar refractivity (Wildman–Crippen MR) is 119 cm³/mol. The summed E-state index contributed by atoms with van der Waals surface area (Å²) in [6.07, 6.45) is 2.63. The molecule has 134 valence electrons. The van der Waals surface area contributed by atoms with Crippen molar-refractivity contribution in [3.63, 3.8) is 0 Å². The van der Waals surface area contributed by atoms with E-state index < -0.39 is 7.26 Å². The van der Waals surface area contributed by atoms with Crippen molar-refractivity contribution in [2.24, 2.45) is 0 Å². The fraction of sp³-hybridized carbons (Fsp3) is 0.0417. The number of benzene rings is 3. The van der Waals surface area contributed by atoms with E-state index in [-0.39, 0.29) is 0 Å². The second-order valence-corrected chi connectivity index (χ2v) is 10.9. The first kappa shape index (κ1) is 17.9. The molecule has 0 saturated carbocycles. The van der Waals surface area contributed by atoms with E-state index >= 15 is 0 Å². The van der Waals surface area contributed by atoms with Crippen LogP contribution in [0.3, 0.4) is 0 Å². The van der Waals surface area contributed by atoms with E-state index in [2.05, 4.69) is 102 Å². The molecule has 0 saturated heterocycles. The molecule has 1 heterocycles. The van der Waals surface area contributed by atoms with E-state index in [1.165, 1.54) is 15.9 Å². The quantitative estimate of drug-likeness (QED) is 0.347. The van der Waals surface area contributed by atoms with Crippen LogP contribution in [-0.4, -0.2) is 4.98 Å². The maximum atomic E-state index is 6.50. The van der Waals surface area contributed by atoms with Gasteiger partial charge in [-0.3, -0.25) is 0 Å². The first-order valence-electron chi connectivity index (χ1n) is 9.07. The summed E-state index contributed by atoms with van der Waals surface area (Å²) in [5.41, 5.74) is 1.10. The molecule has 0 amide bonds. The van der Waals surface area contributed by atoms with Crippen LogP contribution in [0.4, 0.5) is 0 Å². The Bertz CT molecular complexity index is 907. The molecule has 0 spiro atoms. The van der Waals surface area contributed by atoms with Crippen molar-refractivity contribution in [1.29, 1.82) is 0 Å². The van der Waals surface area contributed by atoms with Crippen molar-refractivity contribution in [3.8, 4) is 0 Å². The Hall–Kier alpha value is -2.47. The zero-order chi connectivity index (χ0) is 18.5. The number of hydrogen-bond acceptors (Lipinski definition) is 1. The maximum absolute atomic E-state index is 6.50. The molecule has 0 aliphatic heterocycles. The van der Waals surface area contributed by atoms with Crippen LogP contribution in [0.2, 0.25) is 5.15 Å². The summed E-state index contributed by atoms with van der Waals surface area (Å²) >= 11 is 6.50. The minimum absolute atomic E-state index is 0.595. The molecule has 0 atom stereocenters. The molecule has 3 aromatic carbocycles. The van der Waals surface area contributed by atoms with E-state index in [1.54, 1.807) is 6.20 Å². The van der Waals surface area contributed by atoms with Crippen LogP contribution in [0, 0.1) is 0 Å². The molecule has 0 aliphatic carbocycles. The second kappa shape index (κ2) is 8.05. The molecule has 0 fully saturated rings. The Morgan fingerprint density at radius 1 is 0.593 bits per heavy atom. The molecule has 0 unspecified atom stereocenters. The summed E-state index contributed by atoms with van der Waals surface area (Å²) in [7, 11) is -2.32. The van der Waals surface area contributed by atoms with Gasteiger partial charge in [0.2, 0.25) is 0 Å². The minimum atomic E-state index is -2.32. The third-order valence-corrected chi connectivity index (χ3v) is 10.3. The predicted octanol–water partition coefficient (Wildman–Crippen LogP) is 4.96. The molecule has 27 heavy (non-hydrogen) atoms. The normalized spacial score (nSPS) is 11.9. The van der Waals surface area contributed by atoms with Gasteiger partial charge in [-0.15, -0.1) is 0 Å². The summed E-state index contributed by atoms with van der Waals surface area (Å²) in [5, 5.41) is 4.73. The number of pyridine rings is 1. The Balaban J connectivity index is 2.02. The average Bonchev–Trinajstić information content (AvgIpc) is 2.75. The molecule has 0 bridgehead atoms. The Labute approximate surface area is 166 Å².